The van der Waals surface area contributed by atoms with E-state index >= 15 is 0 Å². The molecule has 1 atom stereocenters. The average Bonchev–Trinajstić information content (AvgIpc) is 2.41. The van der Waals surface area contributed by atoms with Gasteiger partial charge in [-0.3, -0.25) is 9.69 Å². The number of amides is 1. The summed E-state index contributed by atoms with van der Waals surface area (Å²) in [5.74, 6) is 0.685. The Morgan fingerprint density at radius 1 is 1.50 bits per heavy atom. The van der Waals surface area contributed by atoms with Crippen LogP contribution in [-0.2, 0) is 9.53 Å². The molecule has 1 N–H and O–H groups in total. The lowest BCUT2D eigenvalue weighted by Crippen LogP contribution is -2.44. The fourth-order valence-corrected chi connectivity index (χ4v) is 2.28. The van der Waals surface area contributed by atoms with E-state index in [1.807, 2.05) is 38.1 Å². The van der Waals surface area contributed by atoms with Crippen molar-refractivity contribution in [2.45, 2.75) is 20.0 Å². The van der Waals surface area contributed by atoms with E-state index in [0.29, 0.717) is 25.5 Å². The van der Waals surface area contributed by atoms with Gasteiger partial charge in [-0.05, 0) is 26.0 Å². The van der Waals surface area contributed by atoms with E-state index in [-0.39, 0.29) is 12.0 Å². The van der Waals surface area contributed by atoms with Crippen LogP contribution in [0.5, 0.6) is 5.75 Å². The van der Waals surface area contributed by atoms with Crippen molar-refractivity contribution in [1.29, 1.82) is 0 Å². The van der Waals surface area contributed by atoms with Gasteiger partial charge < -0.3 is 14.8 Å². The van der Waals surface area contributed by atoms with Crippen LogP contribution in [0.1, 0.15) is 13.8 Å². The minimum atomic E-state index is -0.0220. The first-order chi connectivity index (χ1) is 9.69. The van der Waals surface area contributed by atoms with Crippen LogP contribution in [0.25, 0.3) is 0 Å². The molecule has 1 amide bonds. The van der Waals surface area contributed by atoms with E-state index in [4.69, 9.17) is 9.47 Å². The summed E-state index contributed by atoms with van der Waals surface area (Å²) in [7, 11) is 0. The van der Waals surface area contributed by atoms with E-state index < -0.39 is 0 Å². The number of carbonyl (C=O) groups excluding carboxylic acids is 1. The maximum Gasteiger partial charge on any atom is 0.238 e. The Bertz CT molecular complexity index is 450. The van der Waals surface area contributed by atoms with Gasteiger partial charge in [0, 0.05) is 13.1 Å². The van der Waals surface area contributed by atoms with Crippen LogP contribution >= 0.6 is 0 Å². The number of ether oxygens (including phenoxy) is 2. The van der Waals surface area contributed by atoms with Crippen molar-refractivity contribution in [1.82, 2.24) is 4.90 Å². The number of nitrogens with one attached hydrogen (secondary N) is 1. The standard InChI is InChI=1S/C15H22N2O3/c1-3-19-14-7-5-4-6-13(14)16-15(18)11-17-8-9-20-12(2)10-17/h4-7,12H,3,8-11H2,1-2H3,(H,16,18). The summed E-state index contributed by atoms with van der Waals surface area (Å²) in [5.41, 5.74) is 0.723. The number of hydrogen-bond acceptors (Lipinski definition) is 4. The first-order valence-corrected chi connectivity index (χ1v) is 7.04. The maximum atomic E-state index is 12.1. The Morgan fingerprint density at radius 2 is 2.30 bits per heavy atom. The van der Waals surface area contributed by atoms with E-state index in [1.165, 1.54) is 0 Å². The highest BCUT2D eigenvalue weighted by Crippen LogP contribution is 2.23. The highest BCUT2D eigenvalue weighted by atomic mass is 16.5. The SMILES string of the molecule is CCOc1ccccc1NC(=O)CN1CCOC(C)C1. The second-order valence-corrected chi connectivity index (χ2v) is 4.89. The molecule has 0 spiro atoms. The zero-order chi connectivity index (χ0) is 14.4. The number of carbonyl (C=O) groups is 1. The summed E-state index contributed by atoms with van der Waals surface area (Å²) in [6.07, 6.45) is 0.187. The molecule has 5 nitrogen and oxygen atoms in total. The van der Waals surface area contributed by atoms with E-state index in [2.05, 4.69) is 10.2 Å². The second-order valence-electron chi connectivity index (χ2n) is 4.89. The number of morpholine rings is 1. The molecule has 1 unspecified atom stereocenters. The molecule has 1 aliphatic heterocycles. The average molecular weight is 278 g/mol. The maximum absolute atomic E-state index is 12.1. The van der Waals surface area contributed by atoms with Gasteiger partial charge >= 0.3 is 0 Å². The Kier molecular flexibility index (Phi) is 5.38. The molecule has 2 rings (SSSR count). The van der Waals surface area contributed by atoms with Crippen LogP contribution < -0.4 is 10.1 Å². The van der Waals surface area contributed by atoms with Crippen molar-refractivity contribution in [3.05, 3.63) is 24.3 Å². The quantitative estimate of drug-likeness (QED) is 0.891. The van der Waals surface area contributed by atoms with Gasteiger partial charge in [0.1, 0.15) is 5.75 Å². The van der Waals surface area contributed by atoms with Crippen molar-refractivity contribution < 1.29 is 14.3 Å². The Balaban J connectivity index is 1.91. The molecule has 0 bridgehead atoms. The van der Waals surface area contributed by atoms with Gasteiger partial charge in [0.25, 0.3) is 0 Å². The lowest BCUT2D eigenvalue weighted by molar-refractivity contribution is -0.119. The molecule has 0 radical (unpaired) electrons. The number of para-hydroxylation sites is 2. The molecule has 20 heavy (non-hydrogen) atoms. The van der Waals surface area contributed by atoms with Crippen molar-refractivity contribution in [2.75, 3.05) is 38.2 Å². The van der Waals surface area contributed by atoms with E-state index in [0.717, 1.165) is 18.8 Å². The Hall–Kier alpha value is -1.59. The van der Waals surface area contributed by atoms with Crippen molar-refractivity contribution in [3.63, 3.8) is 0 Å². The molecule has 0 saturated carbocycles. The minimum Gasteiger partial charge on any atom is -0.492 e. The number of rotatable bonds is 5. The second kappa shape index (κ2) is 7.26. The zero-order valence-electron chi connectivity index (χ0n) is 12.1. The fourth-order valence-electron chi connectivity index (χ4n) is 2.28. The molecule has 1 heterocycles. The molecular weight excluding hydrogens is 256 g/mol. The Labute approximate surface area is 119 Å². The summed E-state index contributed by atoms with van der Waals surface area (Å²) in [5, 5.41) is 2.91. The molecule has 1 saturated heterocycles. The van der Waals surface area contributed by atoms with Crippen LogP contribution in [0, 0.1) is 0 Å². The number of hydrogen-bond donors (Lipinski definition) is 1. The van der Waals surface area contributed by atoms with Crippen LogP contribution in [0.15, 0.2) is 24.3 Å². The summed E-state index contributed by atoms with van der Waals surface area (Å²) in [4.78, 5) is 14.2. The number of benzene rings is 1. The smallest absolute Gasteiger partial charge is 0.238 e. The van der Waals surface area contributed by atoms with Crippen molar-refractivity contribution in [2.24, 2.45) is 0 Å². The van der Waals surface area contributed by atoms with Crippen LogP contribution in [0.4, 0.5) is 5.69 Å². The first-order valence-electron chi connectivity index (χ1n) is 7.04. The van der Waals surface area contributed by atoms with Crippen molar-refractivity contribution in [3.8, 4) is 5.75 Å². The minimum absolute atomic E-state index is 0.0220. The fraction of sp³-hybridized carbons (Fsp3) is 0.533. The third kappa shape index (κ3) is 4.21. The number of nitrogens with zero attached hydrogens (tertiary/aromatic N) is 1. The van der Waals surface area contributed by atoms with Gasteiger partial charge in [0.2, 0.25) is 5.91 Å². The molecular formula is C15H22N2O3. The molecule has 1 aromatic carbocycles. The van der Waals surface area contributed by atoms with Gasteiger partial charge in [0.05, 0.1) is 31.5 Å². The molecule has 1 aromatic rings. The van der Waals surface area contributed by atoms with Gasteiger partial charge in [-0.1, -0.05) is 12.1 Å². The molecule has 1 fully saturated rings. The van der Waals surface area contributed by atoms with Gasteiger partial charge in [-0.2, -0.15) is 0 Å². The highest BCUT2D eigenvalue weighted by Gasteiger charge is 2.19. The molecule has 1 aliphatic rings. The topological polar surface area (TPSA) is 50.8 Å². The van der Waals surface area contributed by atoms with Crippen LogP contribution in [0.2, 0.25) is 0 Å². The van der Waals surface area contributed by atoms with Gasteiger partial charge in [-0.15, -0.1) is 0 Å². The number of anilines is 1. The van der Waals surface area contributed by atoms with E-state index in [1.54, 1.807) is 0 Å². The van der Waals surface area contributed by atoms with Gasteiger partial charge in [-0.25, -0.2) is 0 Å². The third-order valence-electron chi connectivity index (χ3n) is 3.15. The zero-order valence-corrected chi connectivity index (χ0v) is 12.1. The largest absolute Gasteiger partial charge is 0.492 e. The third-order valence-corrected chi connectivity index (χ3v) is 3.15. The summed E-state index contributed by atoms with van der Waals surface area (Å²) in [6, 6.07) is 7.49. The molecule has 5 heteroatoms. The van der Waals surface area contributed by atoms with Gasteiger partial charge in [0.15, 0.2) is 0 Å². The summed E-state index contributed by atoms with van der Waals surface area (Å²) >= 11 is 0. The molecule has 110 valence electrons. The first kappa shape index (κ1) is 14.8. The molecule has 0 aromatic heterocycles. The summed E-state index contributed by atoms with van der Waals surface area (Å²) < 4.78 is 11.0. The monoisotopic (exact) mass is 278 g/mol. The molecule has 0 aliphatic carbocycles. The predicted octanol–water partition coefficient (Wildman–Crippen LogP) is 1.74. The van der Waals surface area contributed by atoms with Crippen LogP contribution in [0.3, 0.4) is 0 Å². The Morgan fingerprint density at radius 3 is 3.05 bits per heavy atom. The van der Waals surface area contributed by atoms with Crippen molar-refractivity contribution >= 4 is 11.6 Å². The summed E-state index contributed by atoms with van der Waals surface area (Å²) in [6.45, 7) is 7.18. The van der Waals surface area contributed by atoms with E-state index in [9.17, 15) is 4.79 Å². The lowest BCUT2D eigenvalue weighted by Gasteiger charge is -2.30. The van der Waals surface area contributed by atoms with Crippen LogP contribution in [-0.4, -0.2) is 49.8 Å². The lowest BCUT2D eigenvalue weighted by atomic mass is 10.2. The normalized spacial score (nSPS) is 19.6. The highest BCUT2D eigenvalue weighted by molar-refractivity contribution is 5.93. The predicted molar refractivity (Wildman–Crippen MR) is 78.1 cm³/mol.